The number of benzene rings is 1. The van der Waals surface area contributed by atoms with Gasteiger partial charge in [-0.1, -0.05) is 41.9 Å². The van der Waals surface area contributed by atoms with E-state index in [2.05, 4.69) is 69.3 Å². The van der Waals surface area contributed by atoms with E-state index in [9.17, 15) is 0 Å². The van der Waals surface area contributed by atoms with E-state index < -0.39 is 0 Å². The number of hydrogen-bond donors (Lipinski definition) is 1. The normalized spacial score (nSPS) is 16.6. The molecular weight excluding hydrogens is 406 g/mol. The first-order chi connectivity index (χ1) is 13.0. The number of likely N-dealkylation sites (tertiary alicyclic amines) is 1. The maximum absolute atomic E-state index is 5.96. The van der Waals surface area contributed by atoms with Gasteiger partial charge in [0.1, 0.15) is 0 Å². The Morgan fingerprint density at radius 1 is 1.30 bits per heavy atom. The zero-order chi connectivity index (χ0) is 19.7. The molecule has 5 nitrogen and oxygen atoms in total. The molecule has 1 heterocycles. The second-order valence-corrected chi connectivity index (χ2v) is 8.61. The molecule has 0 aliphatic carbocycles. The highest BCUT2D eigenvalue weighted by Gasteiger charge is 2.25. The van der Waals surface area contributed by atoms with Crippen molar-refractivity contribution in [2.24, 2.45) is 4.99 Å². The molecule has 0 bridgehead atoms. The topological polar surface area (TPSA) is 46.1 Å². The van der Waals surface area contributed by atoms with Crippen LogP contribution in [0, 0.1) is 0 Å². The zero-order valence-corrected chi connectivity index (χ0v) is 18.7. The van der Waals surface area contributed by atoms with E-state index in [1.165, 1.54) is 5.56 Å². The first-order valence-corrected chi connectivity index (χ1v) is 10.6. The maximum atomic E-state index is 5.96. The Labute approximate surface area is 172 Å². The standard InChI is InChI=1S/C21H34BrN3O2/c1-21(2,17-7-5-8-18(22)15-17)16-24-20(23-3)25-11-9-19(10-12-25)27-14-6-13-26-4/h5,7-8,15,19H,6,9-14,16H2,1-4H3,(H,23,24). The molecule has 0 radical (unpaired) electrons. The van der Waals surface area contributed by atoms with Crippen LogP contribution in [0.1, 0.15) is 38.7 Å². The molecule has 0 aromatic heterocycles. The van der Waals surface area contributed by atoms with E-state index in [0.29, 0.717) is 6.10 Å². The van der Waals surface area contributed by atoms with Crippen molar-refractivity contribution in [3.8, 4) is 0 Å². The van der Waals surface area contributed by atoms with Crippen molar-refractivity contribution in [3.05, 3.63) is 34.3 Å². The average molecular weight is 440 g/mol. The summed E-state index contributed by atoms with van der Waals surface area (Å²) < 4.78 is 12.1. The lowest BCUT2D eigenvalue weighted by Gasteiger charge is -2.35. The smallest absolute Gasteiger partial charge is 0.193 e. The van der Waals surface area contributed by atoms with Crippen molar-refractivity contribution in [2.45, 2.75) is 44.6 Å². The fourth-order valence-electron chi connectivity index (χ4n) is 3.33. The number of nitrogens with one attached hydrogen (secondary N) is 1. The minimum absolute atomic E-state index is 0.0164. The van der Waals surface area contributed by atoms with Crippen molar-refractivity contribution >= 4 is 21.9 Å². The molecule has 1 aliphatic rings. The van der Waals surface area contributed by atoms with E-state index in [-0.39, 0.29) is 5.41 Å². The van der Waals surface area contributed by atoms with Crippen LogP contribution in [0.4, 0.5) is 0 Å². The lowest BCUT2D eigenvalue weighted by atomic mass is 9.84. The molecule has 0 unspecified atom stereocenters. The summed E-state index contributed by atoms with van der Waals surface area (Å²) in [6.45, 7) is 8.86. The van der Waals surface area contributed by atoms with Gasteiger partial charge in [0.25, 0.3) is 0 Å². The van der Waals surface area contributed by atoms with Crippen LogP contribution in [-0.2, 0) is 14.9 Å². The lowest BCUT2D eigenvalue weighted by molar-refractivity contribution is 0.00987. The largest absolute Gasteiger partial charge is 0.385 e. The summed E-state index contributed by atoms with van der Waals surface area (Å²) in [5.74, 6) is 0.982. The molecule has 0 amide bonds. The van der Waals surface area contributed by atoms with Gasteiger partial charge in [0.15, 0.2) is 5.96 Å². The van der Waals surface area contributed by atoms with Gasteiger partial charge in [0.2, 0.25) is 0 Å². The molecular formula is C21H34BrN3O2. The van der Waals surface area contributed by atoms with E-state index >= 15 is 0 Å². The quantitative estimate of drug-likeness (QED) is 0.379. The van der Waals surface area contributed by atoms with Crippen LogP contribution in [-0.4, -0.2) is 64.0 Å². The van der Waals surface area contributed by atoms with Gasteiger partial charge in [-0.3, -0.25) is 4.99 Å². The van der Waals surface area contributed by atoms with Gasteiger partial charge in [-0.25, -0.2) is 0 Å². The highest BCUT2D eigenvalue weighted by Crippen LogP contribution is 2.25. The molecule has 2 rings (SSSR count). The monoisotopic (exact) mass is 439 g/mol. The molecule has 0 saturated carbocycles. The third kappa shape index (κ3) is 7.09. The van der Waals surface area contributed by atoms with Crippen molar-refractivity contribution in [1.82, 2.24) is 10.2 Å². The highest BCUT2D eigenvalue weighted by atomic mass is 79.9. The van der Waals surface area contributed by atoms with Gasteiger partial charge in [-0.05, 0) is 37.0 Å². The Kier molecular flexibility index (Phi) is 9.06. The molecule has 152 valence electrons. The third-order valence-corrected chi connectivity index (χ3v) is 5.59. The predicted octanol–water partition coefficient (Wildman–Crippen LogP) is 3.82. The summed E-state index contributed by atoms with van der Waals surface area (Å²) in [5, 5.41) is 3.58. The molecule has 6 heteroatoms. The van der Waals surface area contributed by atoms with Crippen LogP contribution < -0.4 is 5.32 Å². The summed E-state index contributed by atoms with van der Waals surface area (Å²) in [6, 6.07) is 8.53. The van der Waals surface area contributed by atoms with Crippen molar-refractivity contribution < 1.29 is 9.47 Å². The molecule has 1 aromatic rings. The SMILES string of the molecule is CN=C(NCC(C)(C)c1cccc(Br)c1)N1CCC(OCCCOC)CC1. The number of piperidine rings is 1. The second kappa shape index (κ2) is 11.0. The maximum Gasteiger partial charge on any atom is 0.193 e. The van der Waals surface area contributed by atoms with Crippen LogP contribution in [0.15, 0.2) is 33.7 Å². The molecule has 0 atom stereocenters. The first kappa shape index (κ1) is 22.2. The summed E-state index contributed by atoms with van der Waals surface area (Å²) in [7, 11) is 3.59. The van der Waals surface area contributed by atoms with Crippen LogP contribution in [0.5, 0.6) is 0 Å². The first-order valence-electron chi connectivity index (χ1n) is 9.78. The Morgan fingerprint density at radius 3 is 2.67 bits per heavy atom. The van der Waals surface area contributed by atoms with E-state index in [1.54, 1.807) is 7.11 Å². The number of guanidine groups is 1. The van der Waals surface area contributed by atoms with Crippen LogP contribution in [0.2, 0.25) is 0 Å². The molecule has 1 saturated heterocycles. The number of ether oxygens (including phenoxy) is 2. The second-order valence-electron chi connectivity index (χ2n) is 7.70. The molecule has 27 heavy (non-hydrogen) atoms. The molecule has 0 spiro atoms. The number of hydrogen-bond acceptors (Lipinski definition) is 3. The van der Waals surface area contributed by atoms with Crippen molar-refractivity contribution in [2.75, 3.05) is 47.0 Å². The predicted molar refractivity (Wildman–Crippen MR) is 116 cm³/mol. The molecule has 1 fully saturated rings. The Hall–Kier alpha value is -1.11. The zero-order valence-electron chi connectivity index (χ0n) is 17.1. The van der Waals surface area contributed by atoms with E-state index in [4.69, 9.17) is 9.47 Å². The molecule has 1 N–H and O–H groups in total. The fraction of sp³-hybridized carbons (Fsp3) is 0.667. The minimum Gasteiger partial charge on any atom is -0.385 e. The summed E-state index contributed by atoms with van der Waals surface area (Å²) >= 11 is 3.57. The van der Waals surface area contributed by atoms with Gasteiger partial charge in [-0.15, -0.1) is 0 Å². The van der Waals surface area contributed by atoms with Crippen molar-refractivity contribution in [1.29, 1.82) is 0 Å². The Morgan fingerprint density at radius 2 is 2.04 bits per heavy atom. The van der Waals surface area contributed by atoms with Gasteiger partial charge >= 0.3 is 0 Å². The molecule has 1 aromatic carbocycles. The number of halogens is 1. The van der Waals surface area contributed by atoms with Gasteiger partial charge in [0.05, 0.1) is 6.10 Å². The Bertz CT molecular complexity index is 599. The highest BCUT2D eigenvalue weighted by molar-refractivity contribution is 9.10. The number of aliphatic imine (C=N–C) groups is 1. The fourth-order valence-corrected chi connectivity index (χ4v) is 3.73. The van der Waals surface area contributed by atoms with Crippen LogP contribution >= 0.6 is 15.9 Å². The average Bonchev–Trinajstić information content (AvgIpc) is 2.67. The van der Waals surface area contributed by atoms with Gasteiger partial charge in [0, 0.05) is 56.9 Å². The minimum atomic E-state index is 0.0164. The number of methoxy groups -OCH3 is 1. The summed E-state index contributed by atoms with van der Waals surface area (Å²) in [6.07, 6.45) is 3.41. The Balaban J connectivity index is 1.81. The van der Waals surface area contributed by atoms with Crippen molar-refractivity contribution in [3.63, 3.8) is 0 Å². The molecule has 1 aliphatic heterocycles. The third-order valence-electron chi connectivity index (χ3n) is 5.09. The van der Waals surface area contributed by atoms with Gasteiger partial charge in [-0.2, -0.15) is 0 Å². The summed E-state index contributed by atoms with van der Waals surface area (Å²) in [5.41, 5.74) is 1.32. The number of rotatable bonds is 8. The van der Waals surface area contributed by atoms with E-state index in [1.807, 2.05) is 7.05 Å². The van der Waals surface area contributed by atoms with Gasteiger partial charge < -0.3 is 19.7 Å². The van der Waals surface area contributed by atoms with E-state index in [0.717, 1.165) is 62.5 Å². The van der Waals surface area contributed by atoms with Crippen LogP contribution in [0.25, 0.3) is 0 Å². The van der Waals surface area contributed by atoms with Crippen LogP contribution in [0.3, 0.4) is 0 Å². The lowest BCUT2D eigenvalue weighted by Crippen LogP contribution is -2.49. The summed E-state index contributed by atoms with van der Waals surface area (Å²) in [4.78, 5) is 6.84. The number of nitrogens with zero attached hydrogens (tertiary/aromatic N) is 2.